The van der Waals surface area contributed by atoms with E-state index in [1.54, 1.807) is 23.3 Å². The van der Waals surface area contributed by atoms with Crippen molar-refractivity contribution >= 4 is 5.78 Å². The molecule has 33 heavy (non-hydrogen) atoms. The van der Waals surface area contributed by atoms with Gasteiger partial charge in [-0.15, -0.1) is 0 Å². The Kier molecular flexibility index (Phi) is 7.09. The molecule has 0 aromatic heterocycles. The van der Waals surface area contributed by atoms with Crippen molar-refractivity contribution < 1.29 is 9.18 Å². The molecule has 0 amide bonds. The quantitative estimate of drug-likeness (QED) is 0.341. The maximum atomic E-state index is 13.1. The molecular weight excluding hydrogens is 409 g/mol. The van der Waals surface area contributed by atoms with Crippen LogP contribution in [0.3, 0.4) is 0 Å². The van der Waals surface area contributed by atoms with Crippen LogP contribution in [0, 0.1) is 17.2 Å². The van der Waals surface area contributed by atoms with Gasteiger partial charge in [-0.2, -0.15) is 0 Å². The van der Waals surface area contributed by atoms with Gasteiger partial charge in [-0.1, -0.05) is 52.3 Å². The van der Waals surface area contributed by atoms with Gasteiger partial charge in [0.05, 0.1) is 0 Å². The van der Waals surface area contributed by atoms with Crippen molar-refractivity contribution in [2.45, 2.75) is 84.0 Å². The second kappa shape index (κ2) is 9.70. The van der Waals surface area contributed by atoms with Crippen LogP contribution in [0.5, 0.6) is 0 Å². The van der Waals surface area contributed by atoms with Crippen molar-refractivity contribution in [3.05, 3.63) is 70.5 Å². The third-order valence-corrected chi connectivity index (χ3v) is 8.62. The van der Waals surface area contributed by atoms with Crippen LogP contribution in [0.4, 0.5) is 4.39 Å². The molecule has 2 aliphatic carbocycles. The average Bonchev–Trinajstić information content (AvgIpc) is 2.78. The number of rotatable bonds is 8. The molecule has 0 radical (unpaired) electrons. The van der Waals surface area contributed by atoms with Gasteiger partial charge >= 0.3 is 0 Å². The molecule has 4 rings (SSSR count). The molecule has 0 saturated heterocycles. The predicted octanol–water partition coefficient (Wildman–Crippen LogP) is 7.21. The Hall–Kier alpha value is -2.00. The van der Waals surface area contributed by atoms with Gasteiger partial charge in [0.1, 0.15) is 5.82 Å². The molecular formula is C30H40FNO. The molecule has 0 aliphatic heterocycles. The highest BCUT2D eigenvalue weighted by molar-refractivity contribution is 5.95. The minimum absolute atomic E-state index is 0.0953. The number of fused-ring (bicyclic) bond motifs is 3. The Morgan fingerprint density at radius 3 is 2.61 bits per heavy atom. The summed E-state index contributed by atoms with van der Waals surface area (Å²) in [7, 11) is 0. The van der Waals surface area contributed by atoms with Crippen LogP contribution in [-0.2, 0) is 11.8 Å². The third-order valence-electron chi connectivity index (χ3n) is 8.62. The molecule has 2 nitrogen and oxygen atoms in total. The molecule has 1 fully saturated rings. The molecule has 3 atom stereocenters. The van der Waals surface area contributed by atoms with Gasteiger partial charge in [0.25, 0.3) is 0 Å². The van der Waals surface area contributed by atoms with Crippen LogP contribution in [0.2, 0.25) is 0 Å². The summed E-state index contributed by atoms with van der Waals surface area (Å²) < 4.78 is 13.1. The van der Waals surface area contributed by atoms with E-state index in [0.29, 0.717) is 23.8 Å². The predicted molar refractivity (Wildman–Crippen MR) is 134 cm³/mol. The lowest BCUT2D eigenvalue weighted by Gasteiger charge is -2.55. The SMILES string of the molecule is CC(C)c1ccc2c(c1)CC[C@H]1[C@](C)(CNCCCC(=O)c3ccc(F)cc3)CCC[C@]21C. The zero-order valence-corrected chi connectivity index (χ0v) is 20.8. The van der Waals surface area contributed by atoms with Gasteiger partial charge in [0, 0.05) is 18.5 Å². The van der Waals surface area contributed by atoms with Crippen molar-refractivity contribution in [3.63, 3.8) is 0 Å². The molecule has 2 aromatic rings. The fourth-order valence-corrected chi connectivity index (χ4v) is 6.74. The first kappa shape index (κ1) is 24.1. The van der Waals surface area contributed by atoms with Gasteiger partial charge in [-0.3, -0.25) is 4.79 Å². The van der Waals surface area contributed by atoms with Gasteiger partial charge in [0.2, 0.25) is 0 Å². The van der Waals surface area contributed by atoms with E-state index >= 15 is 0 Å². The summed E-state index contributed by atoms with van der Waals surface area (Å²) in [5, 5.41) is 3.70. The molecule has 0 bridgehead atoms. The highest BCUT2D eigenvalue weighted by Crippen LogP contribution is 2.57. The van der Waals surface area contributed by atoms with E-state index in [1.165, 1.54) is 49.8 Å². The minimum Gasteiger partial charge on any atom is -0.316 e. The Morgan fingerprint density at radius 1 is 1.12 bits per heavy atom. The zero-order valence-electron chi connectivity index (χ0n) is 20.8. The highest BCUT2D eigenvalue weighted by Gasteiger charge is 2.51. The number of Topliss-reactive ketones (excluding diaryl/α,β-unsaturated/α-hetero) is 1. The first-order chi connectivity index (χ1) is 15.7. The molecule has 1 N–H and O–H groups in total. The number of hydrogen-bond donors (Lipinski definition) is 1. The maximum Gasteiger partial charge on any atom is 0.162 e. The van der Waals surface area contributed by atoms with E-state index in [4.69, 9.17) is 0 Å². The lowest BCUT2D eigenvalue weighted by molar-refractivity contribution is 0.0260. The molecule has 0 unspecified atom stereocenters. The number of benzene rings is 2. The molecule has 0 spiro atoms. The Morgan fingerprint density at radius 2 is 1.88 bits per heavy atom. The number of ketones is 1. The topological polar surface area (TPSA) is 29.1 Å². The number of nitrogens with one attached hydrogen (secondary N) is 1. The molecule has 0 heterocycles. The fourth-order valence-electron chi connectivity index (χ4n) is 6.74. The summed E-state index contributed by atoms with van der Waals surface area (Å²) in [6.07, 6.45) is 7.61. The van der Waals surface area contributed by atoms with Gasteiger partial charge in [-0.05, 0) is 102 Å². The zero-order chi connectivity index (χ0) is 23.6. The van der Waals surface area contributed by atoms with Crippen LogP contribution in [0.1, 0.15) is 99.2 Å². The number of halogens is 1. The summed E-state index contributed by atoms with van der Waals surface area (Å²) in [4.78, 5) is 12.3. The molecule has 3 heteroatoms. The Labute approximate surface area is 199 Å². The third kappa shape index (κ3) is 4.94. The second-order valence-electron chi connectivity index (χ2n) is 11.3. The smallest absolute Gasteiger partial charge is 0.162 e. The number of hydrogen-bond acceptors (Lipinski definition) is 2. The number of aryl methyl sites for hydroxylation is 1. The first-order valence-corrected chi connectivity index (χ1v) is 12.9. The van der Waals surface area contributed by atoms with E-state index in [2.05, 4.69) is 51.2 Å². The number of carbonyl (C=O) groups excluding carboxylic acids is 1. The lowest BCUT2D eigenvalue weighted by Crippen LogP contribution is -2.52. The van der Waals surface area contributed by atoms with Crippen LogP contribution in [0.25, 0.3) is 0 Å². The normalized spacial score (nSPS) is 26.7. The minimum atomic E-state index is -0.299. The van der Waals surface area contributed by atoms with Crippen molar-refractivity contribution in [2.24, 2.45) is 11.3 Å². The molecule has 1 saturated carbocycles. The Bertz CT molecular complexity index is 981. The van der Waals surface area contributed by atoms with Crippen LogP contribution >= 0.6 is 0 Å². The van der Waals surface area contributed by atoms with Crippen molar-refractivity contribution in [2.75, 3.05) is 13.1 Å². The summed E-state index contributed by atoms with van der Waals surface area (Å²) >= 11 is 0. The largest absolute Gasteiger partial charge is 0.316 e. The van der Waals surface area contributed by atoms with Gasteiger partial charge in [0.15, 0.2) is 5.78 Å². The summed E-state index contributed by atoms with van der Waals surface area (Å²) in [5.74, 6) is 1.06. The standard InChI is InChI=1S/C30H40FNO/c1-21(2)23-10-14-26-24(19-23)11-15-28-29(3,16-6-17-30(26,28)4)20-32-18-5-7-27(33)22-8-12-25(31)13-9-22/h8-10,12-14,19,21,28,32H,5-7,11,15-18,20H2,1-4H3/t28-,29-,30+/m0/s1. The highest BCUT2D eigenvalue weighted by atomic mass is 19.1. The van der Waals surface area contributed by atoms with Crippen LogP contribution in [0.15, 0.2) is 42.5 Å². The second-order valence-corrected chi connectivity index (χ2v) is 11.3. The van der Waals surface area contributed by atoms with Crippen molar-refractivity contribution in [1.29, 1.82) is 0 Å². The first-order valence-electron chi connectivity index (χ1n) is 12.9. The van der Waals surface area contributed by atoms with Crippen LogP contribution < -0.4 is 5.32 Å². The van der Waals surface area contributed by atoms with E-state index in [9.17, 15) is 9.18 Å². The van der Waals surface area contributed by atoms with Gasteiger partial charge in [-0.25, -0.2) is 4.39 Å². The summed E-state index contributed by atoms with van der Waals surface area (Å²) in [5.41, 5.74) is 5.79. The van der Waals surface area contributed by atoms with E-state index < -0.39 is 0 Å². The maximum absolute atomic E-state index is 13.1. The average molecular weight is 450 g/mol. The molecule has 2 aliphatic rings. The fraction of sp³-hybridized carbons (Fsp3) is 0.567. The molecule has 178 valence electrons. The monoisotopic (exact) mass is 449 g/mol. The van der Waals surface area contributed by atoms with E-state index in [-0.39, 0.29) is 22.4 Å². The van der Waals surface area contributed by atoms with Crippen LogP contribution in [-0.4, -0.2) is 18.9 Å². The van der Waals surface area contributed by atoms with E-state index in [0.717, 1.165) is 19.5 Å². The molecule has 2 aromatic carbocycles. The van der Waals surface area contributed by atoms with Gasteiger partial charge < -0.3 is 5.32 Å². The van der Waals surface area contributed by atoms with E-state index in [1.807, 2.05) is 0 Å². The summed E-state index contributed by atoms with van der Waals surface area (Å²) in [6.45, 7) is 11.4. The lowest BCUT2D eigenvalue weighted by atomic mass is 9.49. The Balaban J connectivity index is 1.36. The van der Waals surface area contributed by atoms with Crippen molar-refractivity contribution in [3.8, 4) is 0 Å². The number of carbonyl (C=O) groups is 1. The summed E-state index contributed by atoms with van der Waals surface area (Å²) in [6, 6.07) is 13.2. The van der Waals surface area contributed by atoms with Crippen molar-refractivity contribution in [1.82, 2.24) is 5.32 Å².